The van der Waals surface area contributed by atoms with Gasteiger partial charge in [-0.2, -0.15) is 0 Å². The number of hydrogen-bond donors (Lipinski definition) is 2. The average Bonchev–Trinajstić information content (AvgIpc) is 2.74. The van der Waals surface area contributed by atoms with Crippen molar-refractivity contribution in [2.24, 2.45) is 0 Å². The van der Waals surface area contributed by atoms with E-state index in [2.05, 4.69) is 5.32 Å². The first-order chi connectivity index (χ1) is 10.9. The van der Waals surface area contributed by atoms with Gasteiger partial charge >= 0.3 is 5.97 Å². The Labute approximate surface area is 137 Å². The topological polar surface area (TPSA) is 104 Å². The van der Waals surface area contributed by atoms with Gasteiger partial charge in [0, 0.05) is 13.0 Å². The number of para-hydroxylation sites is 1. The van der Waals surface area contributed by atoms with Crippen LogP contribution in [-0.4, -0.2) is 39.9 Å². The van der Waals surface area contributed by atoms with Crippen molar-refractivity contribution in [3.05, 3.63) is 29.8 Å². The second-order valence-corrected chi connectivity index (χ2v) is 6.18. The van der Waals surface area contributed by atoms with Gasteiger partial charge in [0.15, 0.2) is 0 Å². The van der Waals surface area contributed by atoms with Gasteiger partial charge in [-0.05, 0) is 30.3 Å². The molecular weight excluding hydrogens is 320 g/mol. The van der Waals surface area contributed by atoms with E-state index in [9.17, 15) is 19.2 Å². The van der Waals surface area contributed by atoms with Crippen LogP contribution in [0.4, 0.5) is 10.5 Å². The summed E-state index contributed by atoms with van der Waals surface area (Å²) < 4.78 is 0. The molecule has 1 unspecified atom stereocenters. The van der Waals surface area contributed by atoms with E-state index in [1.807, 2.05) is 6.07 Å². The van der Waals surface area contributed by atoms with E-state index in [1.54, 1.807) is 25.1 Å². The molecular formula is C15H16N2O5S. The van der Waals surface area contributed by atoms with Crippen LogP contribution in [-0.2, 0) is 14.4 Å². The van der Waals surface area contributed by atoms with Crippen molar-refractivity contribution in [2.45, 2.75) is 25.0 Å². The highest BCUT2D eigenvalue weighted by Gasteiger charge is 2.41. The maximum Gasteiger partial charge on any atom is 0.305 e. The lowest BCUT2D eigenvalue weighted by Gasteiger charge is -2.16. The number of nitrogens with zero attached hydrogens (tertiary/aromatic N) is 1. The van der Waals surface area contributed by atoms with Crippen LogP contribution < -0.4 is 10.2 Å². The number of carboxylic acids is 1. The maximum atomic E-state index is 12.4. The smallest absolute Gasteiger partial charge is 0.305 e. The summed E-state index contributed by atoms with van der Waals surface area (Å²) >= 11 is 0.814. The number of carbonyl (C=O) groups excluding carboxylic acids is 3. The Kier molecular flexibility index (Phi) is 5.38. The lowest BCUT2D eigenvalue weighted by atomic mass is 10.1. The molecule has 1 aliphatic heterocycles. The number of rotatable bonds is 6. The summed E-state index contributed by atoms with van der Waals surface area (Å²) in [6.45, 7) is 1.79. The maximum absolute atomic E-state index is 12.4. The molecule has 1 aromatic carbocycles. The number of aliphatic carboxylic acids is 1. The Morgan fingerprint density at radius 3 is 2.65 bits per heavy atom. The van der Waals surface area contributed by atoms with Gasteiger partial charge in [0.05, 0.1) is 12.1 Å². The number of amides is 3. The molecule has 0 bridgehead atoms. The molecule has 7 nitrogen and oxygen atoms in total. The first kappa shape index (κ1) is 17.0. The molecule has 0 saturated carbocycles. The molecule has 1 aliphatic rings. The van der Waals surface area contributed by atoms with Crippen LogP contribution in [0.25, 0.3) is 0 Å². The summed E-state index contributed by atoms with van der Waals surface area (Å²) in [4.78, 5) is 47.7. The molecule has 1 aromatic rings. The normalized spacial score (nSPS) is 17.4. The monoisotopic (exact) mass is 336 g/mol. The second-order valence-electron chi connectivity index (χ2n) is 5.03. The Hall–Kier alpha value is -2.35. The van der Waals surface area contributed by atoms with Crippen LogP contribution in [0, 0.1) is 6.92 Å². The number of aryl methyl sites for hydroxylation is 1. The zero-order valence-corrected chi connectivity index (χ0v) is 13.3. The highest BCUT2D eigenvalue weighted by molar-refractivity contribution is 8.15. The third-order valence-electron chi connectivity index (χ3n) is 3.31. The number of thioether (sulfide) groups is 1. The van der Waals surface area contributed by atoms with Gasteiger partial charge in [0.1, 0.15) is 5.25 Å². The zero-order valence-electron chi connectivity index (χ0n) is 12.4. The quantitative estimate of drug-likeness (QED) is 0.817. The predicted molar refractivity (Wildman–Crippen MR) is 85.3 cm³/mol. The minimum Gasteiger partial charge on any atom is -0.481 e. The number of carbonyl (C=O) groups is 4. The van der Waals surface area contributed by atoms with E-state index < -0.39 is 28.3 Å². The standard InChI is InChI=1S/C15H16N2O5S/c1-9-4-2-3-5-10(9)17-14(21)11(23-15(17)22)8-12(18)16-7-6-13(19)20/h2-5,11H,6-8H2,1H3,(H,16,18)(H,19,20). The van der Waals surface area contributed by atoms with Crippen molar-refractivity contribution in [3.8, 4) is 0 Å². The van der Waals surface area contributed by atoms with Crippen LogP contribution in [0.2, 0.25) is 0 Å². The van der Waals surface area contributed by atoms with Crippen LogP contribution in [0.3, 0.4) is 0 Å². The van der Waals surface area contributed by atoms with Crippen molar-refractivity contribution in [1.29, 1.82) is 0 Å². The Morgan fingerprint density at radius 1 is 1.30 bits per heavy atom. The first-order valence-corrected chi connectivity index (χ1v) is 7.87. The molecule has 8 heteroatoms. The number of carboxylic acid groups (broad SMARTS) is 1. The number of imide groups is 1. The Morgan fingerprint density at radius 2 is 2.00 bits per heavy atom. The summed E-state index contributed by atoms with van der Waals surface area (Å²) in [5.41, 5.74) is 1.31. The van der Waals surface area contributed by atoms with Crippen LogP contribution in [0.5, 0.6) is 0 Å². The van der Waals surface area contributed by atoms with Crippen molar-refractivity contribution >= 4 is 40.5 Å². The van der Waals surface area contributed by atoms with Crippen molar-refractivity contribution < 1.29 is 24.3 Å². The molecule has 1 fully saturated rings. The summed E-state index contributed by atoms with van der Waals surface area (Å²) in [6, 6.07) is 7.03. The Bertz CT molecular complexity index is 661. The summed E-state index contributed by atoms with van der Waals surface area (Å²) in [5.74, 6) is -1.89. The van der Waals surface area contributed by atoms with E-state index in [1.165, 1.54) is 0 Å². The van der Waals surface area contributed by atoms with Gasteiger partial charge in [-0.25, -0.2) is 4.90 Å². The minimum absolute atomic E-state index is 0.00476. The Balaban J connectivity index is 2.00. The largest absolute Gasteiger partial charge is 0.481 e. The lowest BCUT2D eigenvalue weighted by Crippen LogP contribution is -2.35. The molecule has 1 saturated heterocycles. The molecule has 23 heavy (non-hydrogen) atoms. The first-order valence-electron chi connectivity index (χ1n) is 6.99. The van der Waals surface area contributed by atoms with E-state index in [0.717, 1.165) is 22.2 Å². The number of nitrogens with one attached hydrogen (secondary N) is 1. The van der Waals surface area contributed by atoms with Gasteiger partial charge in [-0.1, -0.05) is 18.2 Å². The summed E-state index contributed by atoms with van der Waals surface area (Å²) in [7, 11) is 0. The molecule has 0 radical (unpaired) electrons. The fraction of sp³-hybridized carbons (Fsp3) is 0.333. The molecule has 2 rings (SSSR count). The highest BCUT2D eigenvalue weighted by Crippen LogP contribution is 2.34. The summed E-state index contributed by atoms with van der Waals surface area (Å²) in [5, 5.41) is 9.75. The molecule has 1 atom stereocenters. The number of benzene rings is 1. The predicted octanol–water partition coefficient (Wildman–Crippen LogP) is 1.54. The number of hydrogen-bond acceptors (Lipinski definition) is 5. The molecule has 0 spiro atoms. The van der Waals surface area contributed by atoms with E-state index in [4.69, 9.17) is 5.11 Å². The molecule has 0 aromatic heterocycles. The third kappa shape index (κ3) is 4.10. The third-order valence-corrected chi connectivity index (χ3v) is 4.35. The average molecular weight is 336 g/mol. The van der Waals surface area contributed by atoms with Gasteiger partial charge in [-0.3, -0.25) is 19.2 Å². The zero-order chi connectivity index (χ0) is 17.0. The minimum atomic E-state index is -1.02. The molecule has 3 amide bonds. The van der Waals surface area contributed by atoms with Crippen LogP contribution >= 0.6 is 11.8 Å². The molecule has 0 aliphatic carbocycles. The van der Waals surface area contributed by atoms with Crippen LogP contribution in [0.1, 0.15) is 18.4 Å². The van der Waals surface area contributed by atoms with E-state index >= 15 is 0 Å². The lowest BCUT2D eigenvalue weighted by molar-refractivity contribution is -0.137. The van der Waals surface area contributed by atoms with Gasteiger partial charge in [0.25, 0.3) is 5.24 Å². The SMILES string of the molecule is Cc1ccccc1N1C(=O)SC(CC(=O)NCCC(=O)O)C1=O. The highest BCUT2D eigenvalue weighted by atomic mass is 32.2. The van der Waals surface area contributed by atoms with Crippen LogP contribution in [0.15, 0.2) is 24.3 Å². The van der Waals surface area contributed by atoms with Gasteiger partial charge in [-0.15, -0.1) is 0 Å². The van der Waals surface area contributed by atoms with E-state index in [0.29, 0.717) is 5.69 Å². The molecule has 1 heterocycles. The second kappa shape index (κ2) is 7.28. The fourth-order valence-electron chi connectivity index (χ4n) is 2.17. The molecule has 2 N–H and O–H groups in total. The van der Waals surface area contributed by atoms with Crippen molar-refractivity contribution in [3.63, 3.8) is 0 Å². The summed E-state index contributed by atoms with van der Waals surface area (Å²) in [6.07, 6.45) is -0.344. The number of anilines is 1. The molecule has 122 valence electrons. The van der Waals surface area contributed by atoms with Crippen molar-refractivity contribution in [1.82, 2.24) is 5.32 Å². The fourth-order valence-corrected chi connectivity index (χ4v) is 3.15. The van der Waals surface area contributed by atoms with Crippen molar-refractivity contribution in [2.75, 3.05) is 11.4 Å². The van der Waals surface area contributed by atoms with Gasteiger partial charge in [0.2, 0.25) is 11.8 Å². The van der Waals surface area contributed by atoms with Gasteiger partial charge < -0.3 is 10.4 Å². The van der Waals surface area contributed by atoms with E-state index in [-0.39, 0.29) is 19.4 Å².